The molecule has 0 saturated heterocycles. The van der Waals surface area contributed by atoms with E-state index in [9.17, 15) is 13.2 Å². The summed E-state index contributed by atoms with van der Waals surface area (Å²) in [4.78, 5) is 11.0. The highest BCUT2D eigenvalue weighted by Crippen LogP contribution is 2.13. The molecule has 2 N–H and O–H groups in total. The third kappa shape index (κ3) is 13.7. The summed E-state index contributed by atoms with van der Waals surface area (Å²) in [5.74, 6) is -2.76. The van der Waals surface area contributed by atoms with E-state index in [2.05, 4.69) is 24.3 Å². The minimum absolute atomic E-state index is 1.08. The van der Waals surface area contributed by atoms with Crippen molar-refractivity contribution in [3.8, 4) is 0 Å². The molecule has 0 rings (SSSR count). The quantitative estimate of drug-likeness (QED) is 0.717. The summed E-state index contributed by atoms with van der Waals surface area (Å²) < 4.78 is 31.7. The minimum Gasteiger partial charge on any atom is -0.475 e. The monoisotopic (exact) mass is 216 g/mol. The van der Waals surface area contributed by atoms with Gasteiger partial charge in [0, 0.05) is 13.1 Å². The third-order valence-corrected chi connectivity index (χ3v) is 1.05. The summed E-state index contributed by atoms with van der Waals surface area (Å²) in [5, 5.41) is 10.2. The lowest BCUT2D eigenvalue weighted by Gasteiger charge is -2.06. The Morgan fingerprint density at radius 1 is 1.43 bits per heavy atom. The van der Waals surface area contributed by atoms with Gasteiger partial charge in [-0.2, -0.15) is 13.2 Å². The first-order chi connectivity index (χ1) is 6.21. The van der Waals surface area contributed by atoms with Gasteiger partial charge in [0.15, 0.2) is 0 Å². The predicted molar refractivity (Wildman–Crippen MR) is 46.2 cm³/mol. The van der Waals surface area contributed by atoms with Crippen molar-refractivity contribution >= 4 is 5.97 Å². The van der Waals surface area contributed by atoms with Crippen LogP contribution in [0.4, 0.5) is 13.2 Å². The van der Waals surface area contributed by atoms with Crippen LogP contribution in [0.15, 0.2) is 0 Å². The first kappa shape index (κ1) is 15.6. The molecule has 0 fully saturated rings. The van der Waals surface area contributed by atoms with Crippen LogP contribution in [0.1, 0.15) is 0 Å². The Morgan fingerprint density at radius 3 is 1.86 bits per heavy atom. The first-order valence-corrected chi connectivity index (χ1v) is 3.81. The number of halogens is 3. The van der Waals surface area contributed by atoms with Crippen LogP contribution in [0.5, 0.6) is 0 Å². The lowest BCUT2D eigenvalue weighted by Crippen LogP contribution is -2.23. The molecule has 0 aromatic heterocycles. The zero-order chi connectivity index (χ0) is 11.8. The molecule has 0 aliphatic rings. The van der Waals surface area contributed by atoms with Gasteiger partial charge in [-0.25, -0.2) is 4.79 Å². The Bertz CT molecular complexity index is 160. The van der Waals surface area contributed by atoms with E-state index in [1.54, 1.807) is 0 Å². The SMILES string of the molecule is CNCCN(C)C.O=C(O)C(F)(F)F. The van der Waals surface area contributed by atoms with E-state index in [1.807, 2.05) is 7.05 Å². The number of nitrogens with one attached hydrogen (secondary N) is 1. The lowest BCUT2D eigenvalue weighted by molar-refractivity contribution is -0.192. The molecular formula is C7H15F3N2O2. The van der Waals surface area contributed by atoms with Gasteiger partial charge in [0.2, 0.25) is 0 Å². The highest BCUT2D eigenvalue weighted by Gasteiger charge is 2.38. The van der Waals surface area contributed by atoms with E-state index in [0.717, 1.165) is 13.1 Å². The highest BCUT2D eigenvalue weighted by molar-refractivity contribution is 5.73. The van der Waals surface area contributed by atoms with Crippen molar-refractivity contribution in [3.63, 3.8) is 0 Å². The van der Waals surface area contributed by atoms with Crippen LogP contribution in [-0.2, 0) is 4.79 Å². The lowest BCUT2D eigenvalue weighted by atomic mass is 10.6. The molecular weight excluding hydrogens is 201 g/mol. The summed E-state index contributed by atoms with van der Waals surface area (Å²) >= 11 is 0. The number of nitrogens with zero attached hydrogens (tertiary/aromatic N) is 1. The largest absolute Gasteiger partial charge is 0.490 e. The van der Waals surface area contributed by atoms with Crippen molar-refractivity contribution in [1.82, 2.24) is 10.2 Å². The summed E-state index contributed by atoms with van der Waals surface area (Å²) in [7, 11) is 6.10. The van der Waals surface area contributed by atoms with Crippen molar-refractivity contribution in [1.29, 1.82) is 0 Å². The van der Waals surface area contributed by atoms with Gasteiger partial charge in [0.05, 0.1) is 0 Å². The summed E-state index contributed by atoms with van der Waals surface area (Å²) in [6.45, 7) is 2.20. The topological polar surface area (TPSA) is 52.6 Å². The second-order valence-corrected chi connectivity index (χ2v) is 2.71. The van der Waals surface area contributed by atoms with Crippen LogP contribution in [0.3, 0.4) is 0 Å². The van der Waals surface area contributed by atoms with Crippen LogP contribution in [0, 0.1) is 0 Å². The van der Waals surface area contributed by atoms with E-state index in [4.69, 9.17) is 9.90 Å². The standard InChI is InChI=1S/C5H14N2.C2HF3O2/c1-6-4-5-7(2)3;3-2(4,5)1(6)7/h6H,4-5H2,1-3H3;(H,6,7). The molecule has 0 spiro atoms. The Morgan fingerprint density at radius 2 is 1.79 bits per heavy atom. The zero-order valence-electron chi connectivity index (χ0n) is 8.35. The molecule has 0 bridgehead atoms. The maximum atomic E-state index is 10.6. The van der Waals surface area contributed by atoms with E-state index in [1.165, 1.54) is 0 Å². The maximum Gasteiger partial charge on any atom is 0.490 e. The summed E-state index contributed by atoms with van der Waals surface area (Å²) in [5.41, 5.74) is 0. The average Bonchev–Trinajstić information content (AvgIpc) is 2.00. The van der Waals surface area contributed by atoms with Gasteiger partial charge in [0.1, 0.15) is 0 Å². The van der Waals surface area contributed by atoms with Crippen LogP contribution in [-0.4, -0.2) is 56.4 Å². The summed E-state index contributed by atoms with van der Waals surface area (Å²) in [6.07, 6.45) is -5.08. The molecule has 0 unspecified atom stereocenters. The molecule has 4 nitrogen and oxygen atoms in total. The van der Waals surface area contributed by atoms with Gasteiger partial charge in [0.25, 0.3) is 0 Å². The number of rotatable bonds is 3. The van der Waals surface area contributed by atoms with Crippen molar-refractivity contribution in [2.75, 3.05) is 34.2 Å². The second kappa shape index (κ2) is 7.57. The average molecular weight is 216 g/mol. The number of alkyl halides is 3. The number of hydrogen-bond acceptors (Lipinski definition) is 3. The van der Waals surface area contributed by atoms with E-state index >= 15 is 0 Å². The molecule has 0 aliphatic carbocycles. The number of carbonyl (C=O) groups is 1. The molecule has 0 radical (unpaired) electrons. The zero-order valence-corrected chi connectivity index (χ0v) is 8.35. The van der Waals surface area contributed by atoms with Gasteiger partial charge in [-0.15, -0.1) is 0 Å². The van der Waals surface area contributed by atoms with Crippen molar-refractivity contribution in [3.05, 3.63) is 0 Å². The van der Waals surface area contributed by atoms with Crippen molar-refractivity contribution < 1.29 is 23.1 Å². The fourth-order valence-corrected chi connectivity index (χ4v) is 0.335. The van der Waals surface area contributed by atoms with E-state index in [0.29, 0.717) is 0 Å². The van der Waals surface area contributed by atoms with Crippen molar-refractivity contribution in [2.24, 2.45) is 0 Å². The maximum absolute atomic E-state index is 10.6. The molecule has 0 saturated carbocycles. The summed E-state index contributed by atoms with van der Waals surface area (Å²) in [6, 6.07) is 0. The number of aliphatic carboxylic acids is 1. The van der Waals surface area contributed by atoms with Crippen LogP contribution >= 0.6 is 0 Å². The molecule has 14 heavy (non-hydrogen) atoms. The number of carboxylic acids is 1. The van der Waals surface area contributed by atoms with Crippen molar-refractivity contribution in [2.45, 2.75) is 6.18 Å². The van der Waals surface area contributed by atoms with Gasteiger partial charge >= 0.3 is 12.1 Å². The van der Waals surface area contributed by atoms with Gasteiger partial charge in [-0.1, -0.05) is 0 Å². The van der Waals surface area contributed by atoms with Crippen LogP contribution in [0.25, 0.3) is 0 Å². The molecule has 0 heterocycles. The molecule has 86 valence electrons. The highest BCUT2D eigenvalue weighted by atomic mass is 19.4. The van der Waals surface area contributed by atoms with Crippen LogP contribution in [0.2, 0.25) is 0 Å². The molecule has 0 amide bonds. The second-order valence-electron chi connectivity index (χ2n) is 2.71. The molecule has 0 aliphatic heterocycles. The fourth-order valence-electron chi connectivity index (χ4n) is 0.335. The smallest absolute Gasteiger partial charge is 0.475 e. The number of carboxylic acid groups (broad SMARTS) is 1. The number of hydrogen-bond donors (Lipinski definition) is 2. The molecule has 0 aromatic rings. The normalized spacial score (nSPS) is 10.8. The molecule has 7 heteroatoms. The first-order valence-electron chi connectivity index (χ1n) is 3.81. The van der Waals surface area contributed by atoms with Crippen LogP contribution < -0.4 is 5.32 Å². The fraction of sp³-hybridized carbons (Fsp3) is 0.857. The number of likely N-dealkylation sites (N-methyl/N-ethyl adjacent to an activating group) is 2. The van der Waals surface area contributed by atoms with E-state index < -0.39 is 12.1 Å². The van der Waals surface area contributed by atoms with E-state index in [-0.39, 0.29) is 0 Å². The Balaban J connectivity index is 0. The molecule has 0 aromatic carbocycles. The molecule has 0 atom stereocenters. The van der Waals surface area contributed by atoms with Gasteiger partial charge in [-0.05, 0) is 21.1 Å². The Kier molecular flexibility index (Phi) is 8.46. The van der Waals surface area contributed by atoms with Gasteiger partial charge < -0.3 is 15.3 Å². The van der Waals surface area contributed by atoms with Gasteiger partial charge in [-0.3, -0.25) is 0 Å². The predicted octanol–water partition coefficient (Wildman–Crippen LogP) is 0.401. The Labute approximate surface area is 80.7 Å². The third-order valence-electron chi connectivity index (χ3n) is 1.05. The minimum atomic E-state index is -5.08. The Hall–Kier alpha value is -0.820.